The number of nitrogens with one attached hydrogen (secondary N) is 1. The van der Waals surface area contributed by atoms with Crippen LogP contribution >= 0.6 is 0 Å². The van der Waals surface area contributed by atoms with E-state index in [2.05, 4.69) is 20.7 Å². The molecule has 0 amide bonds. The lowest BCUT2D eigenvalue weighted by Crippen LogP contribution is -2.30. The van der Waals surface area contributed by atoms with Crippen LogP contribution in [0.2, 0.25) is 0 Å². The van der Waals surface area contributed by atoms with Crippen LogP contribution in [0, 0.1) is 0 Å². The minimum atomic E-state index is -0.134. The molecule has 0 aliphatic carbocycles. The van der Waals surface area contributed by atoms with Crippen molar-refractivity contribution in [1.29, 1.82) is 0 Å². The summed E-state index contributed by atoms with van der Waals surface area (Å²) in [6, 6.07) is 0.342. The molecule has 0 unspecified atom stereocenters. The van der Waals surface area contributed by atoms with Crippen LogP contribution in [-0.2, 0) is 6.61 Å². The van der Waals surface area contributed by atoms with Gasteiger partial charge in [-0.2, -0.15) is 4.80 Å². The number of hydrogen-bond donors (Lipinski definition) is 2. The second-order valence-corrected chi connectivity index (χ2v) is 3.17. The van der Waals surface area contributed by atoms with E-state index >= 15 is 0 Å². The van der Waals surface area contributed by atoms with Crippen molar-refractivity contribution < 1.29 is 5.11 Å². The van der Waals surface area contributed by atoms with Crippen molar-refractivity contribution in [2.45, 2.75) is 25.5 Å². The van der Waals surface area contributed by atoms with Crippen LogP contribution in [0.25, 0.3) is 0 Å². The average molecular weight is 183 g/mol. The van der Waals surface area contributed by atoms with Gasteiger partial charge in [0.2, 0.25) is 0 Å². The van der Waals surface area contributed by atoms with Gasteiger partial charge in [-0.25, -0.2) is 0 Å². The van der Waals surface area contributed by atoms with E-state index < -0.39 is 0 Å². The summed E-state index contributed by atoms with van der Waals surface area (Å²) >= 11 is 0. The fraction of sp³-hybridized carbons (Fsp3) is 0.857. The highest BCUT2D eigenvalue weighted by atomic mass is 16.3. The number of aliphatic hydroxyl groups excluding tert-OH is 1. The standard InChI is InChI=1S/C7H13N5O/c13-5-7-9-11-12(10-7)6-1-3-8-4-2-6/h6,8,13H,1-5H2. The number of tetrazole rings is 1. The lowest BCUT2D eigenvalue weighted by molar-refractivity contribution is 0.267. The van der Waals surface area contributed by atoms with Crippen molar-refractivity contribution in [3.8, 4) is 0 Å². The molecule has 0 atom stereocenters. The average Bonchev–Trinajstić information content (AvgIpc) is 2.67. The molecule has 1 aromatic heterocycles. The molecule has 0 bridgehead atoms. The lowest BCUT2D eigenvalue weighted by Gasteiger charge is -2.20. The van der Waals surface area contributed by atoms with Crippen molar-refractivity contribution in [2.75, 3.05) is 13.1 Å². The zero-order valence-electron chi connectivity index (χ0n) is 7.35. The highest BCUT2D eigenvalue weighted by Crippen LogP contribution is 2.15. The molecular weight excluding hydrogens is 170 g/mol. The lowest BCUT2D eigenvalue weighted by atomic mass is 10.1. The summed E-state index contributed by atoms with van der Waals surface area (Å²) in [5.41, 5.74) is 0. The quantitative estimate of drug-likeness (QED) is 0.620. The van der Waals surface area contributed by atoms with Gasteiger partial charge in [-0.05, 0) is 31.1 Å². The van der Waals surface area contributed by atoms with Crippen LogP contribution in [0.5, 0.6) is 0 Å². The Morgan fingerprint density at radius 3 is 2.85 bits per heavy atom. The second kappa shape index (κ2) is 3.80. The number of aliphatic hydroxyl groups is 1. The van der Waals surface area contributed by atoms with Gasteiger partial charge >= 0.3 is 0 Å². The molecule has 0 saturated carbocycles. The van der Waals surface area contributed by atoms with Gasteiger partial charge in [0, 0.05) is 0 Å². The van der Waals surface area contributed by atoms with Crippen LogP contribution in [0.15, 0.2) is 0 Å². The van der Waals surface area contributed by atoms with E-state index in [9.17, 15) is 0 Å². The van der Waals surface area contributed by atoms with Gasteiger partial charge in [-0.15, -0.1) is 10.2 Å². The van der Waals surface area contributed by atoms with Crippen molar-refractivity contribution in [1.82, 2.24) is 25.5 Å². The van der Waals surface area contributed by atoms with Crippen molar-refractivity contribution in [3.63, 3.8) is 0 Å². The molecule has 6 nitrogen and oxygen atoms in total. The van der Waals surface area contributed by atoms with Crippen molar-refractivity contribution in [3.05, 3.63) is 5.82 Å². The summed E-state index contributed by atoms with van der Waals surface area (Å²) in [5.74, 6) is 0.401. The molecule has 1 fully saturated rings. The Kier molecular flexibility index (Phi) is 2.51. The van der Waals surface area contributed by atoms with Crippen LogP contribution in [-0.4, -0.2) is 38.4 Å². The van der Waals surface area contributed by atoms with Crippen molar-refractivity contribution in [2.24, 2.45) is 0 Å². The molecule has 2 rings (SSSR count). The third-order valence-corrected chi connectivity index (χ3v) is 2.25. The molecule has 1 aromatic rings. The molecule has 0 spiro atoms. The largest absolute Gasteiger partial charge is 0.388 e. The normalized spacial score (nSPS) is 19.2. The topological polar surface area (TPSA) is 75.9 Å². The van der Waals surface area contributed by atoms with Crippen LogP contribution in [0.4, 0.5) is 0 Å². The van der Waals surface area contributed by atoms with Gasteiger partial charge in [-0.3, -0.25) is 0 Å². The maximum Gasteiger partial charge on any atom is 0.200 e. The minimum absolute atomic E-state index is 0.134. The van der Waals surface area contributed by atoms with Crippen LogP contribution in [0.3, 0.4) is 0 Å². The van der Waals surface area contributed by atoms with E-state index in [1.807, 2.05) is 0 Å². The van der Waals surface area contributed by atoms with Gasteiger partial charge in [0.25, 0.3) is 0 Å². The highest BCUT2D eigenvalue weighted by molar-refractivity contribution is 4.76. The number of hydrogen-bond acceptors (Lipinski definition) is 5. The summed E-state index contributed by atoms with van der Waals surface area (Å²) in [5, 5.41) is 23.7. The van der Waals surface area contributed by atoms with E-state index in [1.165, 1.54) is 0 Å². The third-order valence-electron chi connectivity index (χ3n) is 2.25. The Balaban J connectivity index is 2.05. The second-order valence-electron chi connectivity index (χ2n) is 3.17. The molecule has 2 heterocycles. The number of rotatable bonds is 2. The molecule has 0 radical (unpaired) electrons. The van der Waals surface area contributed by atoms with Crippen LogP contribution < -0.4 is 5.32 Å². The predicted octanol–water partition coefficient (Wildman–Crippen LogP) is -0.910. The molecule has 1 aliphatic heterocycles. The van der Waals surface area contributed by atoms with Gasteiger partial charge in [0.15, 0.2) is 5.82 Å². The molecule has 72 valence electrons. The Hall–Kier alpha value is -1.01. The van der Waals surface area contributed by atoms with Crippen LogP contribution in [0.1, 0.15) is 24.7 Å². The smallest absolute Gasteiger partial charge is 0.200 e. The maximum atomic E-state index is 8.76. The van der Waals surface area contributed by atoms with Crippen molar-refractivity contribution >= 4 is 0 Å². The third kappa shape index (κ3) is 1.84. The first-order valence-electron chi connectivity index (χ1n) is 4.50. The van der Waals surface area contributed by atoms with E-state index in [4.69, 9.17) is 5.11 Å². The SMILES string of the molecule is OCc1nnn(C2CCNCC2)n1. The van der Waals surface area contributed by atoms with Gasteiger partial charge in [-0.1, -0.05) is 0 Å². The summed E-state index contributed by atoms with van der Waals surface area (Å²) in [7, 11) is 0. The number of piperidine rings is 1. The summed E-state index contributed by atoms with van der Waals surface area (Å²) in [6.45, 7) is 1.87. The molecule has 13 heavy (non-hydrogen) atoms. The summed E-state index contributed by atoms with van der Waals surface area (Å²) in [4.78, 5) is 1.62. The molecular formula is C7H13N5O. The summed E-state index contributed by atoms with van der Waals surface area (Å²) in [6.07, 6.45) is 2.06. The maximum absolute atomic E-state index is 8.76. The Bertz CT molecular complexity index is 268. The fourth-order valence-corrected chi connectivity index (χ4v) is 1.51. The first-order valence-corrected chi connectivity index (χ1v) is 4.50. The van der Waals surface area contributed by atoms with E-state index in [0.29, 0.717) is 11.9 Å². The highest BCUT2D eigenvalue weighted by Gasteiger charge is 2.17. The molecule has 0 aromatic carbocycles. The predicted molar refractivity (Wildman–Crippen MR) is 44.9 cm³/mol. The molecule has 6 heteroatoms. The van der Waals surface area contributed by atoms with E-state index in [0.717, 1.165) is 25.9 Å². The first-order chi connectivity index (χ1) is 6.40. The Morgan fingerprint density at radius 2 is 2.23 bits per heavy atom. The monoisotopic (exact) mass is 183 g/mol. The number of nitrogens with zero attached hydrogens (tertiary/aromatic N) is 4. The zero-order valence-corrected chi connectivity index (χ0v) is 7.35. The van der Waals surface area contributed by atoms with E-state index in [-0.39, 0.29) is 6.61 Å². The molecule has 1 saturated heterocycles. The van der Waals surface area contributed by atoms with Gasteiger partial charge in [0.1, 0.15) is 6.61 Å². The zero-order chi connectivity index (χ0) is 9.10. The van der Waals surface area contributed by atoms with Gasteiger partial charge < -0.3 is 10.4 Å². The minimum Gasteiger partial charge on any atom is -0.388 e. The number of aromatic nitrogens is 4. The first kappa shape index (κ1) is 8.58. The Labute approximate surface area is 75.9 Å². The molecule has 2 N–H and O–H groups in total. The Morgan fingerprint density at radius 1 is 1.46 bits per heavy atom. The van der Waals surface area contributed by atoms with E-state index in [1.54, 1.807) is 4.80 Å². The van der Waals surface area contributed by atoms with Gasteiger partial charge in [0.05, 0.1) is 6.04 Å². The fourth-order valence-electron chi connectivity index (χ4n) is 1.51. The summed E-state index contributed by atoms with van der Waals surface area (Å²) < 4.78 is 0. The molecule has 1 aliphatic rings.